The number of nitrogens with zero attached hydrogens (tertiary/aromatic N) is 1. The Morgan fingerprint density at radius 2 is 1.90 bits per heavy atom. The number of H-pyrrole nitrogens is 1. The number of carbonyl (C=O) groups is 1. The number of aryl methyl sites for hydroxylation is 1. The molecule has 0 unspecified atom stereocenters. The first kappa shape index (κ1) is 19.0. The van der Waals surface area contributed by atoms with E-state index < -0.39 is 0 Å². The van der Waals surface area contributed by atoms with Gasteiger partial charge in [0.1, 0.15) is 11.6 Å². The molecule has 0 aliphatic rings. The number of carbonyl (C=O) groups excluding carboxylic acids is 1. The maximum atomic E-state index is 12.5. The molecule has 2 N–H and O–H groups in total. The smallest absolute Gasteiger partial charge is 0.255 e. The summed E-state index contributed by atoms with van der Waals surface area (Å²) >= 11 is 6.17. The SMILES string of the molecule is CCOc1ccc(C(=O)Nc2ccc(-c3nc4ccc(C)cc4[nH]3)cc2)cc1Cl. The molecule has 0 atom stereocenters. The van der Waals surface area contributed by atoms with Crippen molar-refractivity contribution in [1.29, 1.82) is 0 Å². The van der Waals surface area contributed by atoms with Crippen LogP contribution in [0.2, 0.25) is 5.02 Å². The van der Waals surface area contributed by atoms with Gasteiger partial charge < -0.3 is 15.0 Å². The van der Waals surface area contributed by atoms with Crippen LogP contribution in [0.25, 0.3) is 22.4 Å². The minimum atomic E-state index is -0.234. The molecule has 0 aliphatic carbocycles. The van der Waals surface area contributed by atoms with E-state index in [1.165, 1.54) is 5.56 Å². The van der Waals surface area contributed by atoms with Crippen LogP contribution in [0.3, 0.4) is 0 Å². The van der Waals surface area contributed by atoms with E-state index in [9.17, 15) is 4.79 Å². The van der Waals surface area contributed by atoms with Crippen molar-refractivity contribution in [1.82, 2.24) is 9.97 Å². The normalized spacial score (nSPS) is 10.9. The first-order valence-corrected chi connectivity index (χ1v) is 9.72. The molecule has 4 rings (SSSR count). The first-order valence-electron chi connectivity index (χ1n) is 9.34. The Morgan fingerprint density at radius 3 is 2.62 bits per heavy atom. The van der Waals surface area contributed by atoms with Gasteiger partial charge >= 0.3 is 0 Å². The second kappa shape index (κ2) is 7.97. The van der Waals surface area contributed by atoms with E-state index in [0.29, 0.717) is 28.6 Å². The molecule has 0 spiro atoms. The van der Waals surface area contributed by atoms with Crippen molar-refractivity contribution in [3.8, 4) is 17.1 Å². The summed E-state index contributed by atoms with van der Waals surface area (Å²) in [5.74, 6) is 1.12. The summed E-state index contributed by atoms with van der Waals surface area (Å²) in [6.45, 7) is 4.45. The number of rotatable bonds is 5. The summed E-state index contributed by atoms with van der Waals surface area (Å²) < 4.78 is 5.40. The van der Waals surface area contributed by atoms with E-state index in [1.54, 1.807) is 18.2 Å². The predicted molar refractivity (Wildman–Crippen MR) is 117 cm³/mol. The van der Waals surface area contributed by atoms with E-state index in [0.717, 1.165) is 22.4 Å². The minimum Gasteiger partial charge on any atom is -0.492 e. The molecule has 3 aromatic carbocycles. The molecule has 5 nitrogen and oxygen atoms in total. The molecule has 1 aromatic heterocycles. The third-order valence-electron chi connectivity index (χ3n) is 4.55. The number of fused-ring (bicyclic) bond motifs is 1. The van der Waals surface area contributed by atoms with E-state index >= 15 is 0 Å². The highest BCUT2D eigenvalue weighted by molar-refractivity contribution is 6.32. The van der Waals surface area contributed by atoms with Gasteiger partial charge in [-0.15, -0.1) is 0 Å². The number of hydrogen-bond acceptors (Lipinski definition) is 3. The van der Waals surface area contributed by atoms with Crippen LogP contribution in [0.1, 0.15) is 22.8 Å². The van der Waals surface area contributed by atoms with Gasteiger partial charge in [-0.2, -0.15) is 0 Å². The highest BCUT2D eigenvalue weighted by Crippen LogP contribution is 2.26. The van der Waals surface area contributed by atoms with Crippen LogP contribution >= 0.6 is 11.6 Å². The van der Waals surface area contributed by atoms with E-state index in [2.05, 4.69) is 28.3 Å². The third kappa shape index (κ3) is 4.10. The number of aromatic amines is 1. The molecule has 29 heavy (non-hydrogen) atoms. The van der Waals surface area contributed by atoms with Crippen LogP contribution in [0.15, 0.2) is 60.7 Å². The maximum Gasteiger partial charge on any atom is 0.255 e. The number of imidazole rings is 1. The van der Waals surface area contributed by atoms with Crippen molar-refractivity contribution in [3.63, 3.8) is 0 Å². The average molecular weight is 406 g/mol. The van der Waals surface area contributed by atoms with E-state index in [1.807, 2.05) is 43.3 Å². The molecule has 0 aliphatic heterocycles. The van der Waals surface area contributed by atoms with Gasteiger partial charge in [0.15, 0.2) is 0 Å². The number of anilines is 1. The van der Waals surface area contributed by atoms with Crippen molar-refractivity contribution < 1.29 is 9.53 Å². The molecule has 0 radical (unpaired) electrons. The first-order chi connectivity index (χ1) is 14.0. The van der Waals surface area contributed by atoms with Crippen molar-refractivity contribution in [2.45, 2.75) is 13.8 Å². The molecule has 146 valence electrons. The summed E-state index contributed by atoms with van der Waals surface area (Å²) in [6, 6.07) is 18.7. The Bertz CT molecular complexity index is 1180. The van der Waals surface area contributed by atoms with Gasteiger partial charge in [0, 0.05) is 16.8 Å². The molecule has 6 heteroatoms. The van der Waals surface area contributed by atoms with Gasteiger partial charge in [0.25, 0.3) is 5.91 Å². The average Bonchev–Trinajstić information content (AvgIpc) is 3.13. The molecule has 1 amide bonds. The predicted octanol–water partition coefficient (Wildman–Crippen LogP) is 5.84. The van der Waals surface area contributed by atoms with Crippen LogP contribution in [0.4, 0.5) is 5.69 Å². The lowest BCUT2D eigenvalue weighted by Crippen LogP contribution is -2.11. The van der Waals surface area contributed by atoms with Gasteiger partial charge in [-0.25, -0.2) is 4.98 Å². The standard InChI is InChI=1S/C23H20ClN3O2/c1-3-29-21-11-7-16(13-18(21)24)23(28)25-17-8-5-15(6-9-17)22-26-19-10-4-14(2)12-20(19)27-22/h4-13H,3H2,1-2H3,(H,25,28)(H,26,27). The fraction of sp³-hybridized carbons (Fsp3) is 0.130. The second-order valence-electron chi connectivity index (χ2n) is 6.72. The number of halogens is 1. The summed E-state index contributed by atoms with van der Waals surface area (Å²) in [5, 5.41) is 3.29. The zero-order valence-electron chi connectivity index (χ0n) is 16.1. The Balaban J connectivity index is 1.50. The molecule has 4 aromatic rings. The maximum absolute atomic E-state index is 12.5. The van der Waals surface area contributed by atoms with Gasteiger partial charge in [-0.1, -0.05) is 17.7 Å². The topological polar surface area (TPSA) is 67.0 Å². The van der Waals surface area contributed by atoms with E-state index in [-0.39, 0.29) is 5.91 Å². The van der Waals surface area contributed by atoms with Gasteiger partial charge in [-0.05, 0) is 74.0 Å². The fourth-order valence-corrected chi connectivity index (χ4v) is 3.32. The summed E-state index contributed by atoms with van der Waals surface area (Å²) in [5.41, 5.74) is 5.21. The lowest BCUT2D eigenvalue weighted by molar-refractivity contribution is 0.102. The van der Waals surface area contributed by atoms with Crippen LogP contribution in [0, 0.1) is 6.92 Å². The number of hydrogen-bond donors (Lipinski definition) is 2. The van der Waals surface area contributed by atoms with Gasteiger partial charge in [-0.3, -0.25) is 4.79 Å². The fourth-order valence-electron chi connectivity index (χ4n) is 3.09. The summed E-state index contributed by atoms with van der Waals surface area (Å²) in [7, 11) is 0. The number of benzene rings is 3. The van der Waals surface area contributed by atoms with Crippen LogP contribution in [0.5, 0.6) is 5.75 Å². The molecular weight excluding hydrogens is 386 g/mol. The number of nitrogens with one attached hydrogen (secondary N) is 2. The van der Waals surface area contributed by atoms with Gasteiger partial charge in [0.05, 0.1) is 22.7 Å². The quantitative estimate of drug-likeness (QED) is 0.438. The second-order valence-corrected chi connectivity index (χ2v) is 7.12. The summed E-state index contributed by atoms with van der Waals surface area (Å²) in [6.07, 6.45) is 0. The molecule has 0 saturated heterocycles. The Hall–Kier alpha value is -3.31. The lowest BCUT2D eigenvalue weighted by atomic mass is 10.1. The largest absolute Gasteiger partial charge is 0.492 e. The number of amides is 1. The minimum absolute atomic E-state index is 0.234. The third-order valence-corrected chi connectivity index (χ3v) is 4.84. The number of ether oxygens (including phenoxy) is 1. The zero-order chi connectivity index (χ0) is 20.4. The van der Waals surface area contributed by atoms with Crippen LogP contribution in [-0.2, 0) is 0 Å². The number of aromatic nitrogens is 2. The van der Waals surface area contributed by atoms with Crippen LogP contribution < -0.4 is 10.1 Å². The van der Waals surface area contributed by atoms with Gasteiger partial charge in [0.2, 0.25) is 0 Å². The zero-order valence-corrected chi connectivity index (χ0v) is 16.9. The highest BCUT2D eigenvalue weighted by atomic mass is 35.5. The molecule has 0 fully saturated rings. The molecule has 0 saturated carbocycles. The van der Waals surface area contributed by atoms with Crippen LogP contribution in [-0.4, -0.2) is 22.5 Å². The summed E-state index contributed by atoms with van der Waals surface area (Å²) in [4.78, 5) is 20.5. The molecule has 0 bridgehead atoms. The van der Waals surface area contributed by atoms with E-state index in [4.69, 9.17) is 16.3 Å². The molecular formula is C23H20ClN3O2. The molecule has 1 heterocycles. The highest BCUT2D eigenvalue weighted by Gasteiger charge is 2.11. The lowest BCUT2D eigenvalue weighted by Gasteiger charge is -2.09. The van der Waals surface area contributed by atoms with Crippen molar-refractivity contribution >= 4 is 34.2 Å². The van der Waals surface area contributed by atoms with Crippen molar-refractivity contribution in [2.24, 2.45) is 0 Å². The van der Waals surface area contributed by atoms with Crippen molar-refractivity contribution in [2.75, 3.05) is 11.9 Å². The van der Waals surface area contributed by atoms with Crippen molar-refractivity contribution in [3.05, 3.63) is 76.8 Å². The Kier molecular flexibility index (Phi) is 5.23. The Morgan fingerprint density at radius 1 is 1.10 bits per heavy atom. The Labute approximate surface area is 173 Å². The monoisotopic (exact) mass is 405 g/mol.